The van der Waals surface area contributed by atoms with Crippen LogP contribution in [0.1, 0.15) is 38.9 Å². The number of fused-ring (bicyclic) bond motifs is 2. The van der Waals surface area contributed by atoms with Gasteiger partial charge in [0.25, 0.3) is 0 Å². The van der Waals surface area contributed by atoms with Crippen molar-refractivity contribution in [3.8, 4) is 22.4 Å². The molecule has 7 rings (SSSR count). The second-order valence-electron chi connectivity index (χ2n) is 13.6. The summed E-state index contributed by atoms with van der Waals surface area (Å²) < 4.78 is 2.28. The summed E-state index contributed by atoms with van der Waals surface area (Å²) in [6.45, 7) is 16.2. The van der Waals surface area contributed by atoms with Crippen LogP contribution in [-0.4, -0.2) is 13.4 Å². The third kappa shape index (κ3) is 4.85. The maximum Gasteiger partial charge on any atom is 0.240 e. The maximum absolute atomic E-state index is 2.56. The second kappa shape index (κ2) is 11.6. The first-order valence-electron chi connectivity index (χ1n) is 16.6. The number of rotatable bonds is 4. The molecular weight excluding hydrogens is 552 g/mol. The first-order valence-corrected chi connectivity index (χ1v) is 16.6. The van der Waals surface area contributed by atoms with E-state index in [1.165, 1.54) is 94.1 Å². The van der Waals surface area contributed by atoms with Crippen molar-refractivity contribution in [2.45, 2.75) is 48.5 Å². The fourth-order valence-electron chi connectivity index (χ4n) is 8.30. The number of nitrogens with zero attached hydrogens (tertiary/aromatic N) is 1. The van der Waals surface area contributed by atoms with Crippen molar-refractivity contribution in [3.63, 3.8) is 0 Å². The molecule has 1 aliphatic heterocycles. The van der Waals surface area contributed by atoms with Crippen LogP contribution in [0.2, 0.25) is 0 Å². The quantitative estimate of drug-likeness (QED) is 0.191. The van der Waals surface area contributed by atoms with Gasteiger partial charge in [-0.25, -0.2) is 4.57 Å². The molecule has 1 nitrogen and oxygen atoms in total. The van der Waals surface area contributed by atoms with E-state index in [1.54, 1.807) is 0 Å². The minimum absolute atomic E-state index is 0.156. The largest absolute Gasteiger partial charge is 0.240 e. The van der Waals surface area contributed by atoms with E-state index in [0.717, 1.165) is 0 Å². The Bertz CT molecular complexity index is 2120. The fourth-order valence-corrected chi connectivity index (χ4v) is 8.30. The Labute approximate surface area is 276 Å². The average Bonchev–Trinajstić information content (AvgIpc) is 3.02. The molecule has 1 aromatic heterocycles. The predicted molar refractivity (Wildman–Crippen MR) is 200 cm³/mol. The van der Waals surface area contributed by atoms with Gasteiger partial charge in [-0.1, -0.05) is 146 Å². The first kappa shape index (κ1) is 30.1. The molecule has 6 aromatic rings. The zero-order valence-electron chi connectivity index (χ0n) is 28.5. The molecule has 0 unspecified atom stereocenters. The number of hydrogen-bond donors (Lipinski definition) is 0. The third-order valence-corrected chi connectivity index (χ3v) is 10.5. The lowest BCUT2D eigenvalue weighted by Crippen LogP contribution is -2.76. The van der Waals surface area contributed by atoms with Gasteiger partial charge in [0.15, 0.2) is 6.20 Å². The molecular formula is C43H42B2N+. The molecule has 0 atom stereocenters. The van der Waals surface area contributed by atoms with Crippen LogP contribution in [0.5, 0.6) is 0 Å². The van der Waals surface area contributed by atoms with E-state index < -0.39 is 0 Å². The molecule has 0 saturated carbocycles. The predicted octanol–water partition coefficient (Wildman–Crippen LogP) is 5.35. The second-order valence-corrected chi connectivity index (χ2v) is 13.6. The zero-order chi connectivity index (χ0) is 32.3. The summed E-state index contributed by atoms with van der Waals surface area (Å²) in [6.07, 6.45) is 2.30. The van der Waals surface area contributed by atoms with Gasteiger partial charge in [-0.3, -0.25) is 0 Å². The van der Waals surface area contributed by atoms with Crippen molar-refractivity contribution in [2.24, 2.45) is 7.05 Å². The smallest absolute Gasteiger partial charge is 0.201 e. The van der Waals surface area contributed by atoms with Crippen molar-refractivity contribution in [1.82, 2.24) is 0 Å². The molecule has 0 fully saturated rings. The summed E-state index contributed by atoms with van der Waals surface area (Å²) in [7, 11) is 2.17. The van der Waals surface area contributed by atoms with E-state index in [2.05, 4.69) is 169 Å². The van der Waals surface area contributed by atoms with Crippen molar-refractivity contribution >= 4 is 46.2 Å². The molecule has 0 saturated heterocycles. The van der Waals surface area contributed by atoms with Crippen LogP contribution in [0.3, 0.4) is 0 Å². The molecule has 2 heterocycles. The molecule has 224 valence electrons. The highest BCUT2D eigenvalue weighted by atomic mass is 14.9. The van der Waals surface area contributed by atoms with Crippen LogP contribution < -0.4 is 37.3 Å². The molecule has 1 aliphatic rings. The molecule has 0 spiro atoms. The Morgan fingerprint density at radius 3 is 1.39 bits per heavy atom. The van der Waals surface area contributed by atoms with Gasteiger partial charge in [-0.05, 0) is 76.8 Å². The Balaban J connectivity index is 1.56. The van der Waals surface area contributed by atoms with E-state index >= 15 is 0 Å². The van der Waals surface area contributed by atoms with Crippen LogP contribution in [0.25, 0.3) is 22.4 Å². The van der Waals surface area contributed by atoms with Crippen LogP contribution in [0, 0.1) is 48.5 Å². The van der Waals surface area contributed by atoms with E-state index in [0.29, 0.717) is 0 Å². The van der Waals surface area contributed by atoms with Crippen molar-refractivity contribution in [2.75, 3.05) is 0 Å². The highest BCUT2D eigenvalue weighted by Crippen LogP contribution is 2.30. The molecule has 0 bridgehead atoms. The SMILES string of the molecule is Cc1cc2c(cc1-c1cc(-c3ccccc3C)[n+](C)cc1C)B(c1c(C)cccc1C)c1ccccc1B2c1c(C)cccc1C. The van der Waals surface area contributed by atoms with Crippen LogP contribution in [0.15, 0.2) is 109 Å². The number of hydrogen-bond acceptors (Lipinski definition) is 0. The summed E-state index contributed by atoms with van der Waals surface area (Å²) in [4.78, 5) is 0. The summed E-state index contributed by atoms with van der Waals surface area (Å²) in [5, 5.41) is 0. The van der Waals surface area contributed by atoms with Crippen LogP contribution >= 0.6 is 0 Å². The maximum atomic E-state index is 2.56. The van der Waals surface area contributed by atoms with Gasteiger partial charge in [-0.15, -0.1) is 0 Å². The minimum atomic E-state index is 0.156. The average molecular weight is 594 g/mol. The topological polar surface area (TPSA) is 3.88 Å². The monoisotopic (exact) mass is 594 g/mol. The van der Waals surface area contributed by atoms with Gasteiger partial charge >= 0.3 is 0 Å². The van der Waals surface area contributed by atoms with Gasteiger partial charge in [-0.2, -0.15) is 0 Å². The lowest BCUT2D eigenvalue weighted by molar-refractivity contribution is -0.660. The van der Waals surface area contributed by atoms with E-state index in [1.807, 2.05) is 0 Å². The van der Waals surface area contributed by atoms with Gasteiger partial charge < -0.3 is 0 Å². The summed E-state index contributed by atoms with van der Waals surface area (Å²) in [5.41, 5.74) is 23.0. The lowest BCUT2D eigenvalue weighted by Gasteiger charge is -2.35. The number of pyridine rings is 1. The molecule has 0 N–H and O–H groups in total. The van der Waals surface area contributed by atoms with Crippen LogP contribution in [-0.2, 0) is 7.05 Å². The van der Waals surface area contributed by atoms with E-state index in [4.69, 9.17) is 0 Å². The molecule has 0 amide bonds. The Hall–Kier alpha value is -4.62. The van der Waals surface area contributed by atoms with Crippen LogP contribution in [0.4, 0.5) is 0 Å². The van der Waals surface area contributed by atoms with Gasteiger partial charge in [0.1, 0.15) is 7.05 Å². The Morgan fingerprint density at radius 2 is 0.848 bits per heavy atom. The highest BCUT2D eigenvalue weighted by Gasteiger charge is 2.41. The minimum Gasteiger partial charge on any atom is -0.201 e. The summed E-state index contributed by atoms with van der Waals surface area (Å²) >= 11 is 0. The molecule has 3 heteroatoms. The Morgan fingerprint density at radius 1 is 0.391 bits per heavy atom. The van der Waals surface area contributed by atoms with Crippen molar-refractivity contribution < 1.29 is 4.57 Å². The molecule has 46 heavy (non-hydrogen) atoms. The molecule has 0 aliphatic carbocycles. The van der Waals surface area contributed by atoms with E-state index in [-0.39, 0.29) is 13.4 Å². The first-order chi connectivity index (χ1) is 22.2. The molecule has 5 aromatic carbocycles. The summed E-state index contributed by atoms with van der Waals surface area (Å²) in [6, 6.07) is 39.0. The third-order valence-electron chi connectivity index (χ3n) is 10.5. The van der Waals surface area contributed by atoms with Gasteiger partial charge in [0.05, 0.1) is 0 Å². The zero-order valence-corrected chi connectivity index (χ0v) is 28.5. The number of benzene rings is 5. The fraction of sp³-hybridized carbons (Fsp3) is 0.186. The number of aromatic nitrogens is 1. The number of aryl methyl sites for hydroxylation is 8. The molecule has 0 radical (unpaired) electrons. The van der Waals surface area contributed by atoms with Crippen molar-refractivity contribution in [3.05, 3.63) is 148 Å². The van der Waals surface area contributed by atoms with Crippen molar-refractivity contribution in [1.29, 1.82) is 0 Å². The standard InChI is InChI=1S/C43H42B2N/c1-27-15-9-10-20-34(27)41-25-36(33(7)26-46(41)8)35-24-40-39(23-32(35)6)44(42-28(2)16-13-17-29(42)3)37-21-11-12-22-38(37)45(40)43-30(4)18-14-19-31(43)5/h9-26H,1-8H3/q+1. The van der Waals surface area contributed by atoms with E-state index in [9.17, 15) is 0 Å². The normalized spacial score (nSPS) is 12.3. The highest BCUT2D eigenvalue weighted by molar-refractivity contribution is 7.11. The van der Waals surface area contributed by atoms with Gasteiger partial charge in [0, 0.05) is 17.2 Å². The lowest BCUT2D eigenvalue weighted by atomic mass is 9.20. The Kier molecular flexibility index (Phi) is 7.60. The van der Waals surface area contributed by atoms with Gasteiger partial charge in [0.2, 0.25) is 19.1 Å². The summed E-state index contributed by atoms with van der Waals surface area (Å²) in [5.74, 6) is 0.